The van der Waals surface area contributed by atoms with E-state index in [1.165, 1.54) is 23.5 Å². The monoisotopic (exact) mass is 679 g/mol. The first-order valence-corrected chi connectivity index (χ1v) is 17.6. The van der Waals surface area contributed by atoms with Gasteiger partial charge in [0.25, 0.3) is 11.8 Å². The Bertz CT molecular complexity index is 1610. The van der Waals surface area contributed by atoms with Crippen LogP contribution in [0, 0.1) is 18.7 Å². The number of piperazine rings is 1. The van der Waals surface area contributed by atoms with Gasteiger partial charge < -0.3 is 25.8 Å². The maximum Gasteiger partial charge on any atom is 0.270 e. The lowest BCUT2D eigenvalue weighted by Crippen LogP contribution is -2.55. The molecule has 0 spiro atoms. The summed E-state index contributed by atoms with van der Waals surface area (Å²) in [4.78, 5) is 59.3. The SMILES string of the molecule is CCn1nccc1C(=O)NC(C(=O)Nc1ccc([C@H](C)C(NC(=O)c2ccc(C)s2)C(=O)N2CCN(C)CC2)cc1F)C1CCCCC1. The molecule has 0 radical (unpaired) electrons. The van der Waals surface area contributed by atoms with Gasteiger partial charge in [0.05, 0.1) is 10.6 Å². The lowest BCUT2D eigenvalue weighted by Gasteiger charge is -2.36. The van der Waals surface area contributed by atoms with Crippen molar-refractivity contribution in [2.45, 2.75) is 77.4 Å². The van der Waals surface area contributed by atoms with Crippen LogP contribution in [0.4, 0.5) is 10.1 Å². The normalized spacial score (nSPS) is 17.7. The number of carbonyl (C=O) groups excluding carboxylic acids is 4. The second-order valence-corrected chi connectivity index (χ2v) is 14.2. The number of thiophene rings is 1. The molecule has 3 aromatic rings. The summed E-state index contributed by atoms with van der Waals surface area (Å²) in [5.41, 5.74) is 0.841. The van der Waals surface area contributed by atoms with Crippen LogP contribution in [0.1, 0.15) is 82.5 Å². The molecule has 1 saturated carbocycles. The zero-order chi connectivity index (χ0) is 34.4. The van der Waals surface area contributed by atoms with Gasteiger partial charge >= 0.3 is 0 Å². The number of anilines is 1. The average Bonchev–Trinajstić information content (AvgIpc) is 3.76. The van der Waals surface area contributed by atoms with Crippen LogP contribution in [-0.2, 0) is 16.1 Å². The first-order chi connectivity index (χ1) is 23.0. The first-order valence-electron chi connectivity index (χ1n) is 16.8. The fourth-order valence-electron chi connectivity index (χ4n) is 6.57. The van der Waals surface area contributed by atoms with Crippen LogP contribution in [0.15, 0.2) is 42.6 Å². The number of nitrogens with one attached hydrogen (secondary N) is 3. The molecule has 1 aliphatic heterocycles. The minimum Gasteiger partial charge on any atom is -0.339 e. The lowest BCUT2D eigenvalue weighted by atomic mass is 9.83. The summed E-state index contributed by atoms with van der Waals surface area (Å²) in [6, 6.07) is 7.88. The molecular weight excluding hydrogens is 633 g/mol. The van der Waals surface area contributed by atoms with Crippen LogP contribution in [0.25, 0.3) is 0 Å². The first kappa shape index (κ1) is 35.2. The van der Waals surface area contributed by atoms with Crippen molar-refractivity contribution in [1.82, 2.24) is 30.2 Å². The minimum atomic E-state index is -0.925. The summed E-state index contributed by atoms with van der Waals surface area (Å²) in [7, 11) is 2.00. The van der Waals surface area contributed by atoms with E-state index in [0.29, 0.717) is 35.8 Å². The molecule has 1 aromatic carbocycles. The number of carbonyl (C=O) groups is 4. The Morgan fingerprint density at radius 2 is 1.71 bits per heavy atom. The Balaban J connectivity index is 1.34. The molecule has 4 amide bonds. The number of nitrogens with zero attached hydrogens (tertiary/aromatic N) is 4. The van der Waals surface area contributed by atoms with Gasteiger partial charge in [0, 0.05) is 49.7 Å². The summed E-state index contributed by atoms with van der Waals surface area (Å²) in [5, 5.41) is 12.7. The average molecular weight is 680 g/mol. The van der Waals surface area contributed by atoms with Crippen LogP contribution in [0.5, 0.6) is 0 Å². The predicted octanol–water partition coefficient (Wildman–Crippen LogP) is 4.41. The maximum absolute atomic E-state index is 15.8. The third-order valence-electron chi connectivity index (χ3n) is 9.55. The van der Waals surface area contributed by atoms with Gasteiger partial charge in [-0.15, -0.1) is 11.3 Å². The van der Waals surface area contributed by atoms with Gasteiger partial charge in [-0.1, -0.05) is 32.3 Å². The lowest BCUT2D eigenvalue weighted by molar-refractivity contribution is -0.135. The number of halogens is 1. The van der Waals surface area contributed by atoms with Crippen molar-refractivity contribution in [3.8, 4) is 0 Å². The molecule has 1 saturated heterocycles. The third kappa shape index (κ3) is 8.30. The number of hydrogen-bond acceptors (Lipinski definition) is 7. The zero-order valence-electron chi connectivity index (χ0n) is 28.1. The van der Waals surface area contributed by atoms with Crippen molar-refractivity contribution in [2.75, 3.05) is 38.5 Å². The van der Waals surface area contributed by atoms with Crippen molar-refractivity contribution in [3.05, 3.63) is 69.4 Å². The van der Waals surface area contributed by atoms with E-state index in [1.807, 2.05) is 27.0 Å². The van der Waals surface area contributed by atoms with Crippen molar-refractivity contribution in [3.63, 3.8) is 0 Å². The third-order valence-corrected chi connectivity index (χ3v) is 10.5. The molecule has 1 aliphatic carbocycles. The summed E-state index contributed by atoms with van der Waals surface area (Å²) in [5.74, 6) is -2.78. The van der Waals surface area contributed by atoms with E-state index < -0.39 is 35.6 Å². The fraction of sp³-hybridized carbons (Fsp3) is 0.514. The largest absolute Gasteiger partial charge is 0.339 e. The van der Waals surface area contributed by atoms with Gasteiger partial charge in [-0.3, -0.25) is 23.9 Å². The highest BCUT2D eigenvalue weighted by Crippen LogP contribution is 2.29. The second kappa shape index (κ2) is 15.9. The Morgan fingerprint density at radius 1 is 0.979 bits per heavy atom. The van der Waals surface area contributed by atoms with Crippen molar-refractivity contribution >= 4 is 40.7 Å². The molecule has 5 rings (SSSR count). The molecule has 3 N–H and O–H groups in total. The summed E-state index contributed by atoms with van der Waals surface area (Å²) in [6.07, 6.45) is 6.09. The number of aromatic nitrogens is 2. The fourth-order valence-corrected chi connectivity index (χ4v) is 7.34. The number of rotatable bonds is 11. The standard InChI is InChI=1S/C35H46FN7O4S/c1-5-43-28(15-16-37-43)32(44)40-31(24-9-7-6-8-10-24)34(46)38-27-13-12-25(21-26(27)36)23(3)30(35(47)42-19-17-41(4)18-20-42)39-33(45)29-14-11-22(2)48-29/h11-16,21,23-24,30-31H,5-10,17-20H2,1-4H3,(H,38,46)(H,39,45)(H,40,44)/t23-,30?,31?/m0/s1. The molecule has 2 fully saturated rings. The Morgan fingerprint density at radius 3 is 2.35 bits per heavy atom. The molecule has 2 unspecified atom stereocenters. The van der Waals surface area contributed by atoms with E-state index in [9.17, 15) is 19.2 Å². The van der Waals surface area contributed by atoms with E-state index in [1.54, 1.807) is 40.9 Å². The quantitative estimate of drug-likeness (QED) is 0.276. The Labute approximate surface area is 285 Å². The van der Waals surface area contributed by atoms with Gasteiger partial charge in [0.2, 0.25) is 11.8 Å². The summed E-state index contributed by atoms with van der Waals surface area (Å²) >= 11 is 1.35. The highest BCUT2D eigenvalue weighted by Gasteiger charge is 2.35. The Hall–Kier alpha value is -4.10. The molecule has 2 aromatic heterocycles. The summed E-state index contributed by atoms with van der Waals surface area (Å²) in [6.45, 7) is 8.60. The van der Waals surface area contributed by atoms with Gasteiger partial charge in [-0.05, 0) is 75.5 Å². The molecule has 13 heteroatoms. The van der Waals surface area contributed by atoms with E-state index in [4.69, 9.17) is 0 Å². The minimum absolute atomic E-state index is 0.0235. The highest BCUT2D eigenvalue weighted by atomic mass is 32.1. The molecule has 3 atom stereocenters. The van der Waals surface area contributed by atoms with E-state index >= 15 is 4.39 Å². The number of amides is 4. The second-order valence-electron chi connectivity index (χ2n) is 12.9. The number of likely N-dealkylation sites (N-methyl/N-ethyl adjacent to an activating group) is 1. The van der Waals surface area contributed by atoms with Gasteiger partial charge in [0.15, 0.2) is 0 Å². The Kier molecular flexibility index (Phi) is 11.6. The molecule has 258 valence electrons. The van der Waals surface area contributed by atoms with Crippen LogP contribution in [0.2, 0.25) is 0 Å². The van der Waals surface area contributed by atoms with Crippen molar-refractivity contribution in [1.29, 1.82) is 0 Å². The molecule has 48 heavy (non-hydrogen) atoms. The molecule has 3 heterocycles. The van der Waals surface area contributed by atoms with Crippen LogP contribution in [0.3, 0.4) is 0 Å². The van der Waals surface area contributed by atoms with Crippen molar-refractivity contribution < 1.29 is 23.6 Å². The maximum atomic E-state index is 15.8. The van der Waals surface area contributed by atoms with E-state index in [0.717, 1.165) is 50.1 Å². The van der Waals surface area contributed by atoms with Gasteiger partial charge in [-0.25, -0.2) is 4.39 Å². The summed E-state index contributed by atoms with van der Waals surface area (Å²) < 4.78 is 17.3. The van der Waals surface area contributed by atoms with Gasteiger partial charge in [-0.2, -0.15) is 5.10 Å². The predicted molar refractivity (Wildman–Crippen MR) is 184 cm³/mol. The number of hydrogen-bond donors (Lipinski definition) is 3. The molecular formula is C35H46FN7O4S. The molecule has 0 bridgehead atoms. The highest BCUT2D eigenvalue weighted by molar-refractivity contribution is 7.13. The smallest absolute Gasteiger partial charge is 0.270 e. The van der Waals surface area contributed by atoms with Crippen LogP contribution < -0.4 is 16.0 Å². The molecule has 2 aliphatic rings. The van der Waals surface area contributed by atoms with Crippen LogP contribution >= 0.6 is 11.3 Å². The zero-order valence-corrected chi connectivity index (χ0v) is 28.9. The van der Waals surface area contributed by atoms with Gasteiger partial charge in [0.1, 0.15) is 23.6 Å². The molecule has 11 nitrogen and oxygen atoms in total. The van der Waals surface area contributed by atoms with E-state index in [2.05, 4.69) is 25.9 Å². The number of benzene rings is 1. The van der Waals surface area contributed by atoms with Crippen molar-refractivity contribution in [2.24, 2.45) is 5.92 Å². The van der Waals surface area contributed by atoms with E-state index in [-0.39, 0.29) is 23.4 Å². The van der Waals surface area contributed by atoms with Crippen LogP contribution in [-0.4, -0.2) is 88.5 Å². The topological polar surface area (TPSA) is 129 Å². The number of aryl methyl sites for hydroxylation is 2.